The molecule has 0 aromatic heterocycles. The average Bonchev–Trinajstić information content (AvgIpc) is 2.40. The van der Waals surface area contributed by atoms with Gasteiger partial charge in [0.25, 0.3) is 0 Å². The lowest BCUT2D eigenvalue weighted by Gasteiger charge is -2.38. The van der Waals surface area contributed by atoms with Crippen LogP contribution in [0.5, 0.6) is 5.75 Å². The van der Waals surface area contributed by atoms with Gasteiger partial charge >= 0.3 is 0 Å². The van der Waals surface area contributed by atoms with Gasteiger partial charge in [-0.25, -0.2) is 0 Å². The fourth-order valence-electron chi connectivity index (χ4n) is 3.57. The van der Waals surface area contributed by atoms with Crippen molar-refractivity contribution in [2.24, 2.45) is 5.73 Å². The van der Waals surface area contributed by atoms with Gasteiger partial charge in [0, 0.05) is 17.5 Å². The minimum atomic E-state index is -0.0463. The third-order valence-electron chi connectivity index (χ3n) is 4.84. The summed E-state index contributed by atoms with van der Waals surface area (Å²) in [5.74, 6) is 0.482. The lowest BCUT2D eigenvalue weighted by atomic mass is 9.67. The molecule has 2 nitrogen and oxygen atoms in total. The van der Waals surface area contributed by atoms with E-state index in [0.29, 0.717) is 12.3 Å². The maximum absolute atomic E-state index is 10.8. The Labute approximate surface area is 123 Å². The third kappa shape index (κ3) is 2.71. The molecule has 1 fully saturated rings. The minimum Gasteiger partial charge on any atom is -0.507 e. The van der Waals surface area contributed by atoms with Crippen LogP contribution in [0.15, 0.2) is 12.1 Å². The molecule has 0 aliphatic heterocycles. The first kappa shape index (κ1) is 15.4. The topological polar surface area (TPSA) is 46.2 Å². The van der Waals surface area contributed by atoms with Crippen molar-refractivity contribution in [1.29, 1.82) is 0 Å². The molecule has 0 unspecified atom stereocenters. The van der Waals surface area contributed by atoms with Crippen LogP contribution in [0.2, 0.25) is 0 Å². The Morgan fingerprint density at radius 1 is 1.15 bits per heavy atom. The monoisotopic (exact) mass is 275 g/mol. The van der Waals surface area contributed by atoms with E-state index in [1.165, 1.54) is 24.8 Å². The van der Waals surface area contributed by atoms with Gasteiger partial charge in [-0.1, -0.05) is 57.7 Å². The van der Waals surface area contributed by atoms with Crippen molar-refractivity contribution in [2.75, 3.05) is 6.54 Å². The number of nitrogens with two attached hydrogens (primary N) is 1. The Morgan fingerprint density at radius 2 is 1.75 bits per heavy atom. The van der Waals surface area contributed by atoms with Crippen molar-refractivity contribution < 1.29 is 5.11 Å². The Bertz CT molecular complexity index is 479. The number of benzene rings is 1. The van der Waals surface area contributed by atoms with Crippen LogP contribution >= 0.6 is 0 Å². The van der Waals surface area contributed by atoms with Crippen LogP contribution in [-0.2, 0) is 10.8 Å². The molecule has 0 amide bonds. The van der Waals surface area contributed by atoms with E-state index < -0.39 is 0 Å². The molecule has 0 spiro atoms. The second kappa shape index (κ2) is 5.40. The summed E-state index contributed by atoms with van der Waals surface area (Å²) in [4.78, 5) is 0. The summed E-state index contributed by atoms with van der Waals surface area (Å²) in [6, 6.07) is 4.27. The van der Waals surface area contributed by atoms with E-state index in [2.05, 4.69) is 39.8 Å². The van der Waals surface area contributed by atoms with Crippen molar-refractivity contribution in [3.05, 3.63) is 28.8 Å². The van der Waals surface area contributed by atoms with Crippen LogP contribution < -0.4 is 5.73 Å². The van der Waals surface area contributed by atoms with Gasteiger partial charge in [-0.15, -0.1) is 0 Å². The predicted octanol–water partition coefficient (Wildman–Crippen LogP) is 4.16. The van der Waals surface area contributed by atoms with E-state index in [9.17, 15) is 5.11 Å². The fourth-order valence-corrected chi connectivity index (χ4v) is 3.57. The molecule has 1 saturated carbocycles. The molecule has 3 N–H and O–H groups in total. The standard InChI is InChI=1S/C18H29NO/c1-13-10-14(17(2,3)4)16(20)15(11-13)18(12-19)8-6-5-7-9-18/h10-11,20H,5-9,12,19H2,1-4H3. The highest BCUT2D eigenvalue weighted by Crippen LogP contribution is 2.45. The molecule has 0 atom stereocenters. The highest BCUT2D eigenvalue weighted by molar-refractivity contribution is 5.50. The summed E-state index contributed by atoms with van der Waals surface area (Å²) in [6.45, 7) is 9.21. The zero-order chi connectivity index (χ0) is 15.0. The summed E-state index contributed by atoms with van der Waals surface area (Å²) < 4.78 is 0. The van der Waals surface area contributed by atoms with Crippen molar-refractivity contribution in [3.8, 4) is 5.75 Å². The van der Waals surface area contributed by atoms with Gasteiger partial charge in [0.2, 0.25) is 0 Å². The zero-order valence-electron chi connectivity index (χ0n) is 13.4. The number of phenolic OH excluding ortho intramolecular Hbond substituents is 1. The summed E-state index contributed by atoms with van der Waals surface area (Å²) >= 11 is 0. The van der Waals surface area contributed by atoms with Gasteiger partial charge in [0.1, 0.15) is 5.75 Å². The first-order valence-electron chi connectivity index (χ1n) is 7.85. The number of aryl methyl sites for hydroxylation is 1. The SMILES string of the molecule is Cc1cc(C(C)(C)C)c(O)c(C2(CN)CCCCC2)c1. The molecule has 112 valence electrons. The number of aromatic hydroxyl groups is 1. The molecule has 2 heteroatoms. The second-order valence-electron chi connectivity index (χ2n) is 7.50. The molecule has 1 aromatic carbocycles. The number of phenols is 1. The van der Waals surface area contributed by atoms with Crippen LogP contribution in [0.25, 0.3) is 0 Å². The van der Waals surface area contributed by atoms with Gasteiger partial charge in [-0.05, 0) is 30.7 Å². The van der Waals surface area contributed by atoms with Crippen LogP contribution in [0.3, 0.4) is 0 Å². The number of rotatable bonds is 2. The van der Waals surface area contributed by atoms with E-state index in [-0.39, 0.29) is 10.8 Å². The van der Waals surface area contributed by atoms with Gasteiger partial charge in [-0.3, -0.25) is 0 Å². The van der Waals surface area contributed by atoms with E-state index in [4.69, 9.17) is 5.73 Å². The Hall–Kier alpha value is -1.02. The molecule has 0 saturated heterocycles. The third-order valence-corrected chi connectivity index (χ3v) is 4.84. The zero-order valence-corrected chi connectivity index (χ0v) is 13.4. The van der Waals surface area contributed by atoms with Crippen LogP contribution in [0.1, 0.15) is 69.6 Å². The minimum absolute atomic E-state index is 0.0195. The lowest BCUT2D eigenvalue weighted by molar-refractivity contribution is 0.289. The van der Waals surface area contributed by atoms with Gasteiger partial charge in [0.15, 0.2) is 0 Å². The maximum atomic E-state index is 10.8. The fraction of sp³-hybridized carbons (Fsp3) is 0.667. The molecule has 1 aliphatic rings. The van der Waals surface area contributed by atoms with Crippen molar-refractivity contribution in [3.63, 3.8) is 0 Å². The Balaban J connectivity index is 2.58. The Kier molecular flexibility index (Phi) is 4.15. The molecular formula is C18H29NO. The van der Waals surface area contributed by atoms with Gasteiger partial charge in [-0.2, -0.15) is 0 Å². The first-order chi connectivity index (χ1) is 9.30. The quantitative estimate of drug-likeness (QED) is 0.851. The first-order valence-corrected chi connectivity index (χ1v) is 7.85. The van der Waals surface area contributed by atoms with Crippen molar-refractivity contribution in [2.45, 2.75) is 70.6 Å². The smallest absolute Gasteiger partial charge is 0.123 e. The summed E-state index contributed by atoms with van der Waals surface area (Å²) in [6.07, 6.45) is 5.93. The second-order valence-corrected chi connectivity index (χ2v) is 7.50. The summed E-state index contributed by atoms with van der Waals surface area (Å²) in [7, 11) is 0. The van der Waals surface area contributed by atoms with E-state index in [1.807, 2.05) is 0 Å². The molecule has 0 radical (unpaired) electrons. The summed E-state index contributed by atoms with van der Waals surface area (Å²) in [5.41, 5.74) is 9.43. The Morgan fingerprint density at radius 3 is 2.25 bits per heavy atom. The van der Waals surface area contributed by atoms with Gasteiger partial charge < -0.3 is 10.8 Å². The number of hydrogen-bond acceptors (Lipinski definition) is 2. The highest BCUT2D eigenvalue weighted by atomic mass is 16.3. The lowest BCUT2D eigenvalue weighted by Crippen LogP contribution is -2.37. The van der Waals surface area contributed by atoms with Crippen LogP contribution in [-0.4, -0.2) is 11.7 Å². The normalized spacial score (nSPS) is 19.1. The molecule has 1 aromatic rings. The molecule has 0 bridgehead atoms. The maximum Gasteiger partial charge on any atom is 0.123 e. The largest absolute Gasteiger partial charge is 0.507 e. The predicted molar refractivity (Wildman–Crippen MR) is 85.4 cm³/mol. The van der Waals surface area contributed by atoms with Crippen molar-refractivity contribution in [1.82, 2.24) is 0 Å². The molecule has 2 rings (SSSR count). The molecule has 20 heavy (non-hydrogen) atoms. The van der Waals surface area contributed by atoms with Crippen LogP contribution in [0, 0.1) is 6.92 Å². The van der Waals surface area contributed by atoms with Gasteiger partial charge in [0.05, 0.1) is 0 Å². The molecular weight excluding hydrogens is 246 g/mol. The van der Waals surface area contributed by atoms with E-state index in [0.717, 1.165) is 24.0 Å². The van der Waals surface area contributed by atoms with Crippen molar-refractivity contribution >= 4 is 0 Å². The van der Waals surface area contributed by atoms with E-state index in [1.54, 1.807) is 0 Å². The number of hydrogen-bond donors (Lipinski definition) is 2. The molecule has 0 heterocycles. The van der Waals surface area contributed by atoms with E-state index >= 15 is 0 Å². The average molecular weight is 275 g/mol. The molecule has 1 aliphatic carbocycles. The van der Waals surface area contributed by atoms with Crippen LogP contribution in [0.4, 0.5) is 0 Å². The summed E-state index contributed by atoms with van der Waals surface area (Å²) in [5, 5.41) is 10.8. The highest BCUT2D eigenvalue weighted by Gasteiger charge is 2.36.